The molecule has 0 atom stereocenters. The van der Waals surface area contributed by atoms with Crippen LogP contribution in [0.15, 0.2) is 24.3 Å². The van der Waals surface area contributed by atoms with Gasteiger partial charge >= 0.3 is 0 Å². The average Bonchev–Trinajstić information content (AvgIpc) is 3.02. The Bertz CT molecular complexity index is 771. The normalized spacial score (nSPS) is 14.4. The Labute approximate surface area is 145 Å². The Hall–Kier alpha value is -2.59. The Kier molecular flexibility index (Phi) is 4.67. The SMILES string of the molecule is COc1ccc(C(=O)N2CCN(c3snc(C)c3C#N)CC2)cc1. The van der Waals surface area contributed by atoms with Gasteiger partial charge < -0.3 is 14.5 Å². The molecule has 1 amide bonds. The molecule has 3 rings (SSSR count). The zero-order chi connectivity index (χ0) is 17.1. The van der Waals surface area contributed by atoms with Crippen molar-refractivity contribution in [1.82, 2.24) is 9.27 Å². The number of amides is 1. The number of carbonyl (C=O) groups is 1. The Morgan fingerprint density at radius 3 is 2.50 bits per heavy atom. The van der Waals surface area contributed by atoms with Crippen molar-refractivity contribution in [2.24, 2.45) is 0 Å². The van der Waals surface area contributed by atoms with Crippen molar-refractivity contribution < 1.29 is 9.53 Å². The van der Waals surface area contributed by atoms with Gasteiger partial charge in [-0.25, -0.2) is 0 Å². The summed E-state index contributed by atoms with van der Waals surface area (Å²) in [5.74, 6) is 0.763. The molecule has 24 heavy (non-hydrogen) atoms. The Morgan fingerprint density at radius 2 is 1.92 bits per heavy atom. The van der Waals surface area contributed by atoms with Crippen LogP contribution in [0, 0.1) is 18.3 Å². The lowest BCUT2D eigenvalue weighted by Crippen LogP contribution is -2.48. The van der Waals surface area contributed by atoms with Gasteiger partial charge in [0.25, 0.3) is 5.91 Å². The predicted octanol–water partition coefficient (Wildman–Crippen LogP) is 2.29. The van der Waals surface area contributed by atoms with Crippen molar-refractivity contribution in [1.29, 1.82) is 5.26 Å². The molecule has 2 heterocycles. The maximum Gasteiger partial charge on any atom is 0.253 e. The van der Waals surface area contributed by atoms with Gasteiger partial charge in [0, 0.05) is 31.7 Å². The molecule has 0 aliphatic carbocycles. The van der Waals surface area contributed by atoms with E-state index in [2.05, 4.69) is 15.3 Å². The van der Waals surface area contributed by atoms with Gasteiger partial charge in [-0.15, -0.1) is 0 Å². The number of nitriles is 1. The summed E-state index contributed by atoms with van der Waals surface area (Å²) in [6.45, 7) is 4.53. The van der Waals surface area contributed by atoms with Gasteiger partial charge in [-0.05, 0) is 42.7 Å². The largest absolute Gasteiger partial charge is 0.497 e. The topological polar surface area (TPSA) is 69.5 Å². The van der Waals surface area contributed by atoms with Crippen LogP contribution in [0.4, 0.5) is 5.00 Å². The lowest BCUT2D eigenvalue weighted by Gasteiger charge is -2.35. The molecular formula is C17H18N4O2S. The third-order valence-electron chi connectivity index (χ3n) is 4.15. The van der Waals surface area contributed by atoms with Crippen LogP contribution in [0.1, 0.15) is 21.6 Å². The maximum absolute atomic E-state index is 12.6. The van der Waals surface area contributed by atoms with Crippen LogP contribution in [-0.4, -0.2) is 48.5 Å². The van der Waals surface area contributed by atoms with Crippen molar-refractivity contribution >= 4 is 22.4 Å². The number of piperazine rings is 1. The minimum atomic E-state index is 0.0262. The van der Waals surface area contributed by atoms with Gasteiger partial charge in [-0.3, -0.25) is 4.79 Å². The highest BCUT2D eigenvalue weighted by atomic mass is 32.1. The number of ether oxygens (including phenoxy) is 1. The molecule has 0 unspecified atom stereocenters. The highest BCUT2D eigenvalue weighted by Crippen LogP contribution is 2.28. The van der Waals surface area contributed by atoms with Gasteiger partial charge in [0.05, 0.1) is 12.8 Å². The van der Waals surface area contributed by atoms with Gasteiger partial charge in [0.15, 0.2) is 0 Å². The second kappa shape index (κ2) is 6.89. The lowest BCUT2D eigenvalue weighted by atomic mass is 10.1. The molecule has 0 N–H and O–H groups in total. The van der Waals surface area contributed by atoms with Crippen molar-refractivity contribution in [3.63, 3.8) is 0 Å². The third kappa shape index (κ3) is 3.05. The second-order valence-corrected chi connectivity index (χ2v) is 6.32. The maximum atomic E-state index is 12.6. The average molecular weight is 342 g/mol. The van der Waals surface area contributed by atoms with E-state index in [1.807, 2.05) is 11.8 Å². The zero-order valence-corrected chi connectivity index (χ0v) is 14.5. The fraction of sp³-hybridized carbons (Fsp3) is 0.353. The molecule has 1 aliphatic heterocycles. The first kappa shape index (κ1) is 16.3. The smallest absolute Gasteiger partial charge is 0.253 e. The lowest BCUT2D eigenvalue weighted by molar-refractivity contribution is 0.0747. The van der Waals surface area contributed by atoms with Crippen molar-refractivity contribution in [2.45, 2.75) is 6.92 Å². The fourth-order valence-electron chi connectivity index (χ4n) is 2.73. The molecule has 1 aliphatic rings. The number of aryl methyl sites for hydroxylation is 1. The quantitative estimate of drug-likeness (QED) is 0.856. The Balaban J connectivity index is 1.66. The molecule has 0 bridgehead atoms. The van der Waals surface area contributed by atoms with E-state index >= 15 is 0 Å². The predicted molar refractivity (Wildman–Crippen MR) is 92.7 cm³/mol. The van der Waals surface area contributed by atoms with E-state index in [4.69, 9.17) is 4.74 Å². The molecule has 7 heteroatoms. The fourth-order valence-corrected chi connectivity index (χ4v) is 3.63. The standard InChI is InChI=1S/C17H18N4O2S/c1-12-15(11-18)17(24-19-12)21-9-7-20(8-10-21)16(22)13-3-5-14(23-2)6-4-13/h3-6H,7-10H2,1-2H3. The number of methoxy groups -OCH3 is 1. The summed E-state index contributed by atoms with van der Waals surface area (Å²) >= 11 is 1.35. The van der Waals surface area contributed by atoms with E-state index in [1.165, 1.54) is 11.5 Å². The number of hydrogen-bond acceptors (Lipinski definition) is 6. The minimum absolute atomic E-state index is 0.0262. The number of rotatable bonds is 3. The molecular weight excluding hydrogens is 324 g/mol. The molecule has 1 aromatic heterocycles. The number of hydrogen-bond donors (Lipinski definition) is 0. The van der Waals surface area contributed by atoms with Crippen LogP contribution in [0.3, 0.4) is 0 Å². The highest BCUT2D eigenvalue weighted by Gasteiger charge is 2.25. The number of benzene rings is 1. The van der Waals surface area contributed by atoms with Gasteiger partial charge in [0.2, 0.25) is 0 Å². The summed E-state index contributed by atoms with van der Waals surface area (Å²) in [6, 6.07) is 9.39. The van der Waals surface area contributed by atoms with E-state index < -0.39 is 0 Å². The molecule has 0 spiro atoms. The molecule has 1 fully saturated rings. The number of nitrogens with zero attached hydrogens (tertiary/aromatic N) is 4. The molecule has 1 saturated heterocycles. The monoisotopic (exact) mass is 342 g/mol. The van der Waals surface area contributed by atoms with Crippen LogP contribution in [-0.2, 0) is 0 Å². The number of aromatic nitrogens is 1. The summed E-state index contributed by atoms with van der Waals surface area (Å²) in [4.78, 5) is 16.6. The molecule has 2 aromatic rings. The highest BCUT2D eigenvalue weighted by molar-refractivity contribution is 7.10. The van der Waals surface area contributed by atoms with Crippen molar-refractivity contribution in [3.8, 4) is 11.8 Å². The van der Waals surface area contributed by atoms with E-state index in [-0.39, 0.29) is 5.91 Å². The number of anilines is 1. The van der Waals surface area contributed by atoms with Crippen LogP contribution >= 0.6 is 11.5 Å². The molecule has 0 saturated carbocycles. The first-order chi connectivity index (χ1) is 11.6. The van der Waals surface area contributed by atoms with E-state index in [0.29, 0.717) is 37.3 Å². The van der Waals surface area contributed by atoms with Crippen molar-refractivity contribution in [3.05, 3.63) is 41.1 Å². The van der Waals surface area contributed by atoms with Crippen LogP contribution in [0.25, 0.3) is 0 Å². The van der Waals surface area contributed by atoms with Crippen molar-refractivity contribution in [2.75, 3.05) is 38.2 Å². The third-order valence-corrected chi connectivity index (χ3v) is 5.15. The van der Waals surface area contributed by atoms with Crippen LogP contribution in [0.5, 0.6) is 5.75 Å². The van der Waals surface area contributed by atoms with Crippen LogP contribution < -0.4 is 9.64 Å². The van der Waals surface area contributed by atoms with E-state index in [9.17, 15) is 10.1 Å². The molecule has 0 radical (unpaired) electrons. The zero-order valence-electron chi connectivity index (χ0n) is 13.7. The summed E-state index contributed by atoms with van der Waals surface area (Å²) in [6.07, 6.45) is 0. The van der Waals surface area contributed by atoms with Gasteiger partial charge in [-0.1, -0.05) is 0 Å². The molecule has 1 aromatic carbocycles. The first-order valence-corrected chi connectivity index (χ1v) is 8.46. The van der Waals surface area contributed by atoms with E-state index in [1.54, 1.807) is 31.4 Å². The summed E-state index contributed by atoms with van der Waals surface area (Å²) in [7, 11) is 1.60. The molecule has 124 valence electrons. The summed E-state index contributed by atoms with van der Waals surface area (Å²) < 4.78 is 9.38. The Morgan fingerprint density at radius 1 is 1.25 bits per heavy atom. The first-order valence-electron chi connectivity index (χ1n) is 7.68. The van der Waals surface area contributed by atoms with Crippen LogP contribution in [0.2, 0.25) is 0 Å². The van der Waals surface area contributed by atoms with Gasteiger partial charge in [-0.2, -0.15) is 9.64 Å². The number of carbonyl (C=O) groups excluding carboxylic acids is 1. The summed E-state index contributed by atoms with van der Waals surface area (Å²) in [5, 5.41) is 10.2. The second-order valence-electron chi connectivity index (χ2n) is 5.57. The van der Waals surface area contributed by atoms with Gasteiger partial charge in [0.1, 0.15) is 22.4 Å². The van der Waals surface area contributed by atoms with E-state index in [0.717, 1.165) is 16.4 Å². The molecule has 6 nitrogen and oxygen atoms in total. The minimum Gasteiger partial charge on any atom is -0.497 e. The summed E-state index contributed by atoms with van der Waals surface area (Å²) in [5.41, 5.74) is 2.08.